The lowest BCUT2D eigenvalue weighted by molar-refractivity contribution is 0.178. The zero-order valence-corrected chi connectivity index (χ0v) is 11.3. The SMILES string of the molecule is COCc1c(OC)cc(CC2(N)CC2)cc1OC. The highest BCUT2D eigenvalue weighted by Gasteiger charge is 2.38. The third kappa shape index (κ3) is 2.76. The second-order valence-electron chi connectivity index (χ2n) is 4.95. The van der Waals surface area contributed by atoms with E-state index in [9.17, 15) is 0 Å². The molecule has 100 valence electrons. The quantitative estimate of drug-likeness (QED) is 0.838. The van der Waals surface area contributed by atoms with Crippen LogP contribution in [-0.4, -0.2) is 26.9 Å². The molecule has 0 amide bonds. The number of hydrogen-bond donors (Lipinski definition) is 1. The first kappa shape index (κ1) is 13.2. The number of nitrogens with two attached hydrogens (primary N) is 1. The Morgan fingerprint density at radius 2 is 1.67 bits per heavy atom. The molecule has 2 rings (SSSR count). The average molecular weight is 251 g/mol. The molecule has 4 heteroatoms. The lowest BCUT2D eigenvalue weighted by atomic mass is 10.0. The predicted molar refractivity (Wildman–Crippen MR) is 70.1 cm³/mol. The molecule has 4 nitrogen and oxygen atoms in total. The molecular weight excluding hydrogens is 230 g/mol. The molecular formula is C14H21NO3. The normalized spacial score (nSPS) is 16.4. The van der Waals surface area contributed by atoms with Crippen LogP contribution in [0.1, 0.15) is 24.0 Å². The Morgan fingerprint density at radius 3 is 2.06 bits per heavy atom. The van der Waals surface area contributed by atoms with Gasteiger partial charge in [-0.25, -0.2) is 0 Å². The first-order valence-corrected chi connectivity index (χ1v) is 6.13. The molecule has 1 fully saturated rings. The molecule has 0 unspecified atom stereocenters. The maximum atomic E-state index is 6.15. The smallest absolute Gasteiger partial charge is 0.128 e. The average Bonchev–Trinajstić information content (AvgIpc) is 3.08. The van der Waals surface area contributed by atoms with Crippen LogP contribution in [-0.2, 0) is 17.8 Å². The Hall–Kier alpha value is -1.26. The van der Waals surface area contributed by atoms with Gasteiger partial charge in [-0.15, -0.1) is 0 Å². The summed E-state index contributed by atoms with van der Waals surface area (Å²) in [6.45, 7) is 0.473. The topological polar surface area (TPSA) is 53.7 Å². The third-order valence-corrected chi connectivity index (χ3v) is 3.40. The minimum Gasteiger partial charge on any atom is -0.496 e. The van der Waals surface area contributed by atoms with Gasteiger partial charge in [0.2, 0.25) is 0 Å². The first-order chi connectivity index (χ1) is 8.61. The van der Waals surface area contributed by atoms with E-state index >= 15 is 0 Å². The van der Waals surface area contributed by atoms with Crippen molar-refractivity contribution in [1.82, 2.24) is 0 Å². The monoisotopic (exact) mass is 251 g/mol. The fourth-order valence-corrected chi connectivity index (χ4v) is 2.17. The van der Waals surface area contributed by atoms with E-state index in [4.69, 9.17) is 19.9 Å². The second-order valence-corrected chi connectivity index (χ2v) is 4.95. The summed E-state index contributed by atoms with van der Waals surface area (Å²) in [5, 5.41) is 0. The predicted octanol–water partition coefficient (Wildman–Crippen LogP) is 1.88. The lowest BCUT2D eigenvalue weighted by Crippen LogP contribution is -2.24. The minimum atomic E-state index is -0.0151. The van der Waals surface area contributed by atoms with Crippen LogP contribution in [0.3, 0.4) is 0 Å². The van der Waals surface area contributed by atoms with Crippen molar-refractivity contribution in [2.75, 3.05) is 21.3 Å². The van der Waals surface area contributed by atoms with Crippen molar-refractivity contribution in [3.05, 3.63) is 23.3 Å². The molecule has 18 heavy (non-hydrogen) atoms. The first-order valence-electron chi connectivity index (χ1n) is 6.13. The molecule has 0 aliphatic heterocycles. The third-order valence-electron chi connectivity index (χ3n) is 3.40. The van der Waals surface area contributed by atoms with Crippen LogP contribution in [0.5, 0.6) is 11.5 Å². The zero-order valence-electron chi connectivity index (χ0n) is 11.3. The maximum Gasteiger partial charge on any atom is 0.128 e. The Morgan fingerprint density at radius 1 is 1.11 bits per heavy atom. The van der Waals surface area contributed by atoms with Crippen molar-refractivity contribution in [2.24, 2.45) is 5.73 Å². The minimum absolute atomic E-state index is 0.0151. The van der Waals surface area contributed by atoms with Crippen molar-refractivity contribution in [3.63, 3.8) is 0 Å². The number of methoxy groups -OCH3 is 3. The fraction of sp³-hybridized carbons (Fsp3) is 0.571. The number of benzene rings is 1. The van der Waals surface area contributed by atoms with E-state index in [2.05, 4.69) is 0 Å². The molecule has 2 N–H and O–H groups in total. The van der Waals surface area contributed by atoms with Gasteiger partial charge in [-0.3, -0.25) is 0 Å². The highest BCUT2D eigenvalue weighted by molar-refractivity contribution is 5.48. The van der Waals surface area contributed by atoms with Gasteiger partial charge in [0.25, 0.3) is 0 Å². The summed E-state index contributed by atoms with van der Waals surface area (Å²) in [6, 6.07) is 4.06. The van der Waals surface area contributed by atoms with Gasteiger partial charge in [0.05, 0.1) is 26.4 Å². The van der Waals surface area contributed by atoms with Crippen LogP contribution in [0.15, 0.2) is 12.1 Å². The Labute approximate surface area is 108 Å². The van der Waals surface area contributed by atoms with Gasteiger partial charge in [-0.1, -0.05) is 0 Å². The molecule has 1 aromatic carbocycles. The van der Waals surface area contributed by atoms with Gasteiger partial charge in [0.15, 0.2) is 0 Å². The van der Waals surface area contributed by atoms with Crippen molar-refractivity contribution in [3.8, 4) is 11.5 Å². The standard InChI is InChI=1S/C14H21NO3/c1-16-9-11-12(17-2)6-10(7-13(11)18-3)8-14(15)4-5-14/h6-7H,4-5,8-9,15H2,1-3H3. The summed E-state index contributed by atoms with van der Waals surface area (Å²) in [5.74, 6) is 1.60. The molecule has 0 spiro atoms. The van der Waals surface area contributed by atoms with E-state index in [0.29, 0.717) is 6.61 Å². The summed E-state index contributed by atoms with van der Waals surface area (Å²) >= 11 is 0. The van der Waals surface area contributed by atoms with Crippen LogP contribution < -0.4 is 15.2 Å². The summed E-state index contributed by atoms with van der Waals surface area (Å²) < 4.78 is 16.0. The van der Waals surface area contributed by atoms with Crippen LogP contribution >= 0.6 is 0 Å². The van der Waals surface area contributed by atoms with Gasteiger partial charge >= 0.3 is 0 Å². The van der Waals surface area contributed by atoms with Crippen molar-refractivity contribution >= 4 is 0 Å². The number of rotatable bonds is 6. The summed E-state index contributed by atoms with van der Waals surface area (Å²) in [7, 11) is 4.98. The number of ether oxygens (including phenoxy) is 3. The van der Waals surface area contributed by atoms with Crippen LogP contribution in [0.25, 0.3) is 0 Å². The molecule has 1 aromatic rings. The molecule has 0 atom stereocenters. The van der Waals surface area contributed by atoms with E-state index in [-0.39, 0.29) is 5.54 Å². The van der Waals surface area contributed by atoms with Crippen LogP contribution in [0.4, 0.5) is 0 Å². The summed E-state index contributed by atoms with van der Waals surface area (Å²) in [6.07, 6.45) is 3.06. The molecule has 0 radical (unpaired) electrons. The van der Waals surface area contributed by atoms with Gasteiger partial charge in [0, 0.05) is 12.6 Å². The number of hydrogen-bond acceptors (Lipinski definition) is 4. The van der Waals surface area contributed by atoms with E-state index in [1.54, 1.807) is 21.3 Å². The largest absolute Gasteiger partial charge is 0.496 e. The lowest BCUT2D eigenvalue weighted by Gasteiger charge is -2.16. The molecule has 1 aliphatic rings. The molecule has 1 saturated carbocycles. The zero-order chi connectivity index (χ0) is 13.2. The van der Waals surface area contributed by atoms with E-state index in [1.165, 1.54) is 0 Å². The second kappa shape index (κ2) is 5.16. The Kier molecular flexibility index (Phi) is 3.78. The summed E-state index contributed by atoms with van der Waals surface area (Å²) in [4.78, 5) is 0. The summed E-state index contributed by atoms with van der Waals surface area (Å²) in [5.41, 5.74) is 8.23. The Balaban J connectivity index is 2.32. The fourth-order valence-electron chi connectivity index (χ4n) is 2.17. The highest BCUT2D eigenvalue weighted by Crippen LogP contribution is 2.38. The van der Waals surface area contributed by atoms with E-state index in [1.807, 2.05) is 12.1 Å². The molecule has 1 aliphatic carbocycles. The van der Waals surface area contributed by atoms with E-state index < -0.39 is 0 Å². The Bertz CT molecular complexity index is 402. The van der Waals surface area contributed by atoms with Crippen LogP contribution in [0.2, 0.25) is 0 Å². The maximum absolute atomic E-state index is 6.15. The van der Waals surface area contributed by atoms with Gasteiger partial charge in [-0.2, -0.15) is 0 Å². The highest BCUT2D eigenvalue weighted by atomic mass is 16.5. The van der Waals surface area contributed by atoms with E-state index in [0.717, 1.165) is 41.9 Å². The van der Waals surface area contributed by atoms with Gasteiger partial charge in [-0.05, 0) is 37.0 Å². The molecule has 0 heterocycles. The van der Waals surface area contributed by atoms with Gasteiger partial charge < -0.3 is 19.9 Å². The van der Waals surface area contributed by atoms with Crippen LogP contribution in [0, 0.1) is 0 Å². The van der Waals surface area contributed by atoms with Crippen molar-refractivity contribution < 1.29 is 14.2 Å². The molecule has 0 aromatic heterocycles. The molecule has 0 saturated heterocycles. The van der Waals surface area contributed by atoms with Crippen molar-refractivity contribution in [1.29, 1.82) is 0 Å². The van der Waals surface area contributed by atoms with Gasteiger partial charge in [0.1, 0.15) is 11.5 Å². The molecule has 0 bridgehead atoms. The van der Waals surface area contributed by atoms with Crippen molar-refractivity contribution in [2.45, 2.75) is 31.4 Å².